The van der Waals surface area contributed by atoms with E-state index < -0.39 is 0 Å². The van der Waals surface area contributed by atoms with Crippen LogP contribution in [0.15, 0.2) is 102 Å². The first-order valence-electron chi connectivity index (χ1n) is 9.72. The SMILES string of the molecule is O=C(N/N=C\c1ccc(OCc2cccc(Cl)c2)cc1)c1ccccc1-n1cccc1. The molecule has 1 N–H and O–H groups in total. The van der Waals surface area contributed by atoms with Crippen LogP contribution in [-0.4, -0.2) is 16.7 Å². The average molecular weight is 430 g/mol. The van der Waals surface area contributed by atoms with Crippen LogP contribution >= 0.6 is 11.6 Å². The number of benzene rings is 3. The van der Waals surface area contributed by atoms with Crippen LogP contribution in [0.4, 0.5) is 0 Å². The van der Waals surface area contributed by atoms with Crippen LogP contribution in [0, 0.1) is 0 Å². The topological polar surface area (TPSA) is 55.6 Å². The summed E-state index contributed by atoms with van der Waals surface area (Å²) in [6.45, 7) is 0.435. The molecule has 154 valence electrons. The highest BCUT2D eigenvalue weighted by molar-refractivity contribution is 6.30. The molecule has 6 heteroatoms. The third-order valence-corrected chi connectivity index (χ3v) is 4.82. The van der Waals surface area contributed by atoms with E-state index in [4.69, 9.17) is 16.3 Å². The largest absolute Gasteiger partial charge is 0.489 e. The van der Waals surface area contributed by atoms with E-state index in [1.54, 1.807) is 12.3 Å². The second-order valence-corrected chi connectivity index (χ2v) is 7.23. The molecule has 0 atom stereocenters. The van der Waals surface area contributed by atoms with E-state index >= 15 is 0 Å². The van der Waals surface area contributed by atoms with Crippen LogP contribution in [0.25, 0.3) is 5.69 Å². The first-order chi connectivity index (χ1) is 15.2. The zero-order valence-corrected chi connectivity index (χ0v) is 17.4. The Morgan fingerprint density at radius 1 is 0.968 bits per heavy atom. The summed E-state index contributed by atoms with van der Waals surface area (Å²) in [6, 6.07) is 26.2. The highest BCUT2D eigenvalue weighted by atomic mass is 35.5. The van der Waals surface area contributed by atoms with Crippen molar-refractivity contribution in [2.24, 2.45) is 5.10 Å². The van der Waals surface area contributed by atoms with E-state index in [-0.39, 0.29) is 5.91 Å². The molecular formula is C25H20ClN3O2. The van der Waals surface area contributed by atoms with Gasteiger partial charge in [0.1, 0.15) is 12.4 Å². The Morgan fingerprint density at radius 2 is 1.74 bits per heavy atom. The molecule has 0 unspecified atom stereocenters. The van der Waals surface area contributed by atoms with Crippen molar-refractivity contribution in [1.82, 2.24) is 9.99 Å². The smallest absolute Gasteiger partial charge is 0.273 e. The molecule has 0 saturated heterocycles. The number of hydrogen-bond acceptors (Lipinski definition) is 3. The lowest BCUT2D eigenvalue weighted by molar-refractivity contribution is 0.0955. The number of carbonyl (C=O) groups excluding carboxylic acids is 1. The Balaban J connectivity index is 1.35. The van der Waals surface area contributed by atoms with Gasteiger partial charge in [0, 0.05) is 17.4 Å². The monoisotopic (exact) mass is 429 g/mol. The molecule has 0 fully saturated rings. The number of para-hydroxylation sites is 1. The fourth-order valence-corrected chi connectivity index (χ4v) is 3.27. The van der Waals surface area contributed by atoms with E-state index in [1.165, 1.54) is 0 Å². The van der Waals surface area contributed by atoms with Gasteiger partial charge in [-0.05, 0) is 71.8 Å². The van der Waals surface area contributed by atoms with E-state index in [1.807, 2.05) is 95.8 Å². The van der Waals surface area contributed by atoms with Crippen molar-refractivity contribution in [3.8, 4) is 11.4 Å². The molecule has 1 aromatic heterocycles. The van der Waals surface area contributed by atoms with E-state index in [2.05, 4.69) is 10.5 Å². The van der Waals surface area contributed by atoms with Crippen LogP contribution in [0.2, 0.25) is 5.02 Å². The first-order valence-corrected chi connectivity index (χ1v) is 10.1. The molecule has 3 aromatic carbocycles. The number of nitrogens with one attached hydrogen (secondary N) is 1. The number of halogens is 1. The molecule has 4 rings (SSSR count). The minimum absolute atomic E-state index is 0.276. The predicted molar refractivity (Wildman–Crippen MR) is 123 cm³/mol. The first kappa shape index (κ1) is 20.4. The van der Waals surface area contributed by atoms with Gasteiger partial charge in [-0.3, -0.25) is 4.79 Å². The fourth-order valence-electron chi connectivity index (χ4n) is 3.06. The Hall–Kier alpha value is -3.83. The summed E-state index contributed by atoms with van der Waals surface area (Å²) in [5.74, 6) is 0.462. The van der Waals surface area contributed by atoms with Crippen molar-refractivity contribution in [1.29, 1.82) is 0 Å². The molecule has 0 spiro atoms. The van der Waals surface area contributed by atoms with Crippen molar-refractivity contribution in [2.45, 2.75) is 6.61 Å². The van der Waals surface area contributed by atoms with E-state index in [0.29, 0.717) is 17.2 Å². The summed E-state index contributed by atoms with van der Waals surface area (Å²) < 4.78 is 7.67. The maximum Gasteiger partial charge on any atom is 0.273 e. The van der Waals surface area contributed by atoms with Crippen LogP contribution in [0.3, 0.4) is 0 Å². The Kier molecular flexibility index (Phi) is 6.45. The van der Waals surface area contributed by atoms with Crippen molar-refractivity contribution < 1.29 is 9.53 Å². The molecule has 0 radical (unpaired) electrons. The third-order valence-electron chi connectivity index (χ3n) is 4.59. The van der Waals surface area contributed by atoms with Gasteiger partial charge < -0.3 is 9.30 Å². The van der Waals surface area contributed by atoms with Gasteiger partial charge in [0.15, 0.2) is 0 Å². The maximum absolute atomic E-state index is 12.6. The number of nitrogens with zero attached hydrogens (tertiary/aromatic N) is 2. The highest BCUT2D eigenvalue weighted by Crippen LogP contribution is 2.16. The highest BCUT2D eigenvalue weighted by Gasteiger charge is 2.10. The minimum Gasteiger partial charge on any atom is -0.489 e. The number of aromatic nitrogens is 1. The molecule has 0 aliphatic carbocycles. The molecular weight excluding hydrogens is 410 g/mol. The van der Waals surface area contributed by atoms with Gasteiger partial charge in [-0.15, -0.1) is 0 Å². The lowest BCUT2D eigenvalue weighted by Crippen LogP contribution is -2.19. The summed E-state index contributed by atoms with van der Waals surface area (Å²) in [5.41, 5.74) is 5.77. The summed E-state index contributed by atoms with van der Waals surface area (Å²) in [5, 5.41) is 4.77. The van der Waals surface area contributed by atoms with Crippen LogP contribution in [0.5, 0.6) is 5.75 Å². The molecule has 4 aromatic rings. The summed E-state index contributed by atoms with van der Waals surface area (Å²) in [6.07, 6.45) is 5.38. The molecule has 0 aliphatic heterocycles. The summed E-state index contributed by atoms with van der Waals surface area (Å²) in [7, 11) is 0. The van der Waals surface area contributed by atoms with Gasteiger partial charge >= 0.3 is 0 Å². The fraction of sp³-hybridized carbons (Fsp3) is 0.0400. The number of rotatable bonds is 7. The molecule has 0 saturated carbocycles. The van der Waals surface area contributed by atoms with Gasteiger partial charge in [0.05, 0.1) is 17.5 Å². The third kappa shape index (κ3) is 5.41. The number of hydrogen-bond donors (Lipinski definition) is 1. The Labute approximate surface area is 185 Å². The van der Waals surface area contributed by atoms with E-state index in [9.17, 15) is 4.79 Å². The lowest BCUT2D eigenvalue weighted by atomic mass is 10.1. The van der Waals surface area contributed by atoms with Gasteiger partial charge in [0.25, 0.3) is 5.91 Å². The maximum atomic E-state index is 12.6. The second kappa shape index (κ2) is 9.78. The van der Waals surface area contributed by atoms with Crippen molar-refractivity contribution in [3.05, 3.63) is 119 Å². The van der Waals surface area contributed by atoms with Gasteiger partial charge in [-0.2, -0.15) is 5.10 Å². The normalized spacial score (nSPS) is 10.9. The number of amides is 1. The molecule has 0 bridgehead atoms. The van der Waals surface area contributed by atoms with Gasteiger partial charge in [-0.1, -0.05) is 35.9 Å². The van der Waals surface area contributed by atoms with Crippen LogP contribution in [0.1, 0.15) is 21.5 Å². The zero-order valence-electron chi connectivity index (χ0n) is 16.6. The number of carbonyl (C=O) groups is 1. The molecule has 0 aliphatic rings. The van der Waals surface area contributed by atoms with E-state index in [0.717, 1.165) is 22.6 Å². The molecule has 1 heterocycles. The number of ether oxygens (including phenoxy) is 1. The summed E-state index contributed by atoms with van der Waals surface area (Å²) in [4.78, 5) is 12.6. The van der Waals surface area contributed by atoms with Crippen molar-refractivity contribution >= 4 is 23.7 Å². The Bertz CT molecular complexity index is 1190. The molecule has 1 amide bonds. The summed E-state index contributed by atoms with van der Waals surface area (Å²) >= 11 is 5.99. The second-order valence-electron chi connectivity index (χ2n) is 6.79. The minimum atomic E-state index is -0.276. The predicted octanol–water partition coefficient (Wildman–Crippen LogP) is 5.47. The Morgan fingerprint density at radius 3 is 2.52 bits per heavy atom. The van der Waals surface area contributed by atoms with Crippen molar-refractivity contribution in [3.63, 3.8) is 0 Å². The van der Waals surface area contributed by atoms with Gasteiger partial charge in [-0.25, -0.2) is 5.43 Å². The van der Waals surface area contributed by atoms with Crippen LogP contribution < -0.4 is 10.2 Å². The molecule has 31 heavy (non-hydrogen) atoms. The zero-order chi connectivity index (χ0) is 21.5. The molecule has 5 nitrogen and oxygen atoms in total. The lowest BCUT2D eigenvalue weighted by Gasteiger charge is -2.09. The van der Waals surface area contributed by atoms with Gasteiger partial charge in [0.2, 0.25) is 0 Å². The van der Waals surface area contributed by atoms with Crippen LogP contribution in [-0.2, 0) is 6.61 Å². The van der Waals surface area contributed by atoms with Crippen molar-refractivity contribution in [2.75, 3.05) is 0 Å². The average Bonchev–Trinajstić information content (AvgIpc) is 3.33. The number of hydrazone groups is 1. The standard InChI is InChI=1S/C25H20ClN3O2/c26-21-7-5-6-20(16-21)18-31-22-12-10-19(11-13-22)17-27-28-25(30)23-8-1-2-9-24(23)29-14-3-4-15-29/h1-17H,18H2,(H,28,30)/b27-17-. The quantitative estimate of drug-likeness (QED) is 0.312.